The minimum atomic E-state index is -0.203. The predicted molar refractivity (Wildman–Crippen MR) is 100 cm³/mol. The molecular weight excluding hydrogens is 331 g/mol. The van der Waals surface area contributed by atoms with Crippen molar-refractivity contribution in [3.05, 3.63) is 53.1 Å². The molecule has 0 amide bonds. The number of halogens is 1. The molecule has 0 unspecified atom stereocenters. The maximum absolute atomic E-state index is 13.1. The van der Waals surface area contributed by atoms with Crippen molar-refractivity contribution >= 4 is 0 Å². The Kier molecular flexibility index (Phi) is 6.40. The largest absolute Gasteiger partial charge is 0.396 e. The van der Waals surface area contributed by atoms with Crippen LogP contribution in [0, 0.1) is 5.82 Å². The van der Waals surface area contributed by atoms with Gasteiger partial charge in [-0.25, -0.2) is 4.39 Å². The van der Waals surface area contributed by atoms with Gasteiger partial charge < -0.3 is 5.11 Å². The molecule has 1 aromatic heterocycles. The quantitative estimate of drug-likeness (QED) is 0.797. The van der Waals surface area contributed by atoms with E-state index in [2.05, 4.69) is 39.9 Å². The fraction of sp³-hybridized carbons (Fsp3) is 0.550. The number of H-pyrrole nitrogens is 1. The number of aromatic amines is 1. The highest BCUT2D eigenvalue weighted by Crippen LogP contribution is 2.19. The average Bonchev–Trinajstić information content (AvgIpc) is 3.08. The number of aliphatic hydroxyl groups is 1. The first-order chi connectivity index (χ1) is 12.5. The first kappa shape index (κ1) is 19.0. The van der Waals surface area contributed by atoms with Crippen molar-refractivity contribution in [2.45, 2.75) is 45.3 Å². The second-order valence-electron chi connectivity index (χ2n) is 7.47. The van der Waals surface area contributed by atoms with Crippen molar-refractivity contribution < 1.29 is 9.50 Å². The van der Waals surface area contributed by atoms with E-state index in [0.717, 1.165) is 56.1 Å². The molecule has 2 N–H and O–H groups in total. The highest BCUT2D eigenvalue weighted by Gasteiger charge is 2.27. The van der Waals surface area contributed by atoms with Crippen LogP contribution in [0.5, 0.6) is 0 Å². The highest BCUT2D eigenvalue weighted by molar-refractivity contribution is 5.16. The van der Waals surface area contributed by atoms with Crippen molar-refractivity contribution in [3.63, 3.8) is 0 Å². The van der Waals surface area contributed by atoms with E-state index in [1.807, 2.05) is 12.1 Å². The molecule has 2 aromatic rings. The molecule has 3 rings (SSSR count). The van der Waals surface area contributed by atoms with Crippen molar-refractivity contribution in [1.29, 1.82) is 0 Å². The number of aromatic nitrogens is 2. The van der Waals surface area contributed by atoms with Crippen molar-refractivity contribution in [2.24, 2.45) is 0 Å². The molecule has 0 aliphatic carbocycles. The molecule has 0 saturated carbocycles. The Balaban J connectivity index is 1.60. The first-order valence-electron chi connectivity index (χ1n) is 9.41. The molecule has 142 valence electrons. The molecule has 1 aromatic carbocycles. The van der Waals surface area contributed by atoms with Crippen LogP contribution in [0.3, 0.4) is 0 Å². The zero-order valence-electron chi connectivity index (χ0n) is 15.7. The Morgan fingerprint density at radius 2 is 2.00 bits per heavy atom. The fourth-order valence-corrected chi connectivity index (χ4v) is 3.55. The molecule has 1 saturated heterocycles. The normalized spacial score (nSPS) is 19.3. The van der Waals surface area contributed by atoms with Gasteiger partial charge in [0.2, 0.25) is 0 Å². The molecule has 1 fully saturated rings. The number of nitrogens with one attached hydrogen (secondary N) is 1. The Morgan fingerprint density at radius 3 is 2.65 bits per heavy atom. The van der Waals surface area contributed by atoms with Gasteiger partial charge in [0.05, 0.1) is 5.69 Å². The summed E-state index contributed by atoms with van der Waals surface area (Å²) in [4.78, 5) is 4.81. The van der Waals surface area contributed by atoms with Crippen LogP contribution in [0.4, 0.5) is 4.39 Å². The van der Waals surface area contributed by atoms with E-state index in [0.29, 0.717) is 12.0 Å². The summed E-state index contributed by atoms with van der Waals surface area (Å²) < 4.78 is 13.1. The molecule has 26 heavy (non-hydrogen) atoms. The zero-order valence-corrected chi connectivity index (χ0v) is 15.7. The van der Waals surface area contributed by atoms with Gasteiger partial charge in [-0.2, -0.15) is 5.10 Å². The standard InChI is InChI=1S/C20H29FN4O/c1-15(2)20-11-18(22-23-20)13-24-8-9-25(19(14-24)7-10-26)12-16-3-5-17(21)6-4-16/h3-6,11,15,19,26H,7-10,12-14H2,1-2H3,(H,22,23)/t19-/m0/s1. The lowest BCUT2D eigenvalue weighted by Crippen LogP contribution is -2.52. The maximum Gasteiger partial charge on any atom is 0.123 e. The minimum Gasteiger partial charge on any atom is -0.396 e. The van der Waals surface area contributed by atoms with Gasteiger partial charge in [-0.05, 0) is 36.1 Å². The van der Waals surface area contributed by atoms with Crippen molar-refractivity contribution in [1.82, 2.24) is 20.0 Å². The second kappa shape index (κ2) is 8.75. The molecule has 0 radical (unpaired) electrons. The van der Waals surface area contributed by atoms with Crippen LogP contribution in [0.1, 0.15) is 43.1 Å². The van der Waals surface area contributed by atoms with E-state index in [4.69, 9.17) is 0 Å². The number of nitrogens with zero attached hydrogens (tertiary/aromatic N) is 3. The summed E-state index contributed by atoms with van der Waals surface area (Å²) in [5, 5.41) is 17.0. The van der Waals surface area contributed by atoms with Crippen LogP contribution in [0.15, 0.2) is 30.3 Å². The minimum absolute atomic E-state index is 0.181. The molecule has 0 bridgehead atoms. The molecule has 1 atom stereocenters. The van der Waals surface area contributed by atoms with Crippen LogP contribution in [0.2, 0.25) is 0 Å². The van der Waals surface area contributed by atoms with Gasteiger partial charge in [0.15, 0.2) is 0 Å². The molecule has 2 heterocycles. The summed E-state index contributed by atoms with van der Waals surface area (Å²) in [5.74, 6) is 0.223. The third-order valence-corrected chi connectivity index (χ3v) is 5.09. The van der Waals surface area contributed by atoms with Crippen molar-refractivity contribution in [3.8, 4) is 0 Å². The Labute approximate surface area is 154 Å². The average molecular weight is 360 g/mol. The lowest BCUT2D eigenvalue weighted by atomic mass is 10.1. The molecule has 5 nitrogen and oxygen atoms in total. The first-order valence-corrected chi connectivity index (χ1v) is 9.41. The van der Waals surface area contributed by atoms with Gasteiger partial charge in [0.25, 0.3) is 0 Å². The number of hydrogen-bond donors (Lipinski definition) is 2. The van der Waals surface area contributed by atoms with Crippen molar-refractivity contribution in [2.75, 3.05) is 26.2 Å². The van der Waals surface area contributed by atoms with Gasteiger partial charge in [-0.1, -0.05) is 26.0 Å². The number of piperazine rings is 1. The van der Waals surface area contributed by atoms with Crippen LogP contribution >= 0.6 is 0 Å². The summed E-state index contributed by atoms with van der Waals surface area (Å²) in [5.41, 5.74) is 3.35. The van der Waals surface area contributed by atoms with Crippen LogP contribution in [0.25, 0.3) is 0 Å². The second-order valence-corrected chi connectivity index (χ2v) is 7.47. The molecule has 1 aliphatic rings. The summed E-state index contributed by atoms with van der Waals surface area (Å²) in [6.07, 6.45) is 0.748. The van der Waals surface area contributed by atoms with E-state index in [1.54, 1.807) is 0 Å². The predicted octanol–water partition coefficient (Wildman–Crippen LogP) is 2.74. The molecule has 6 heteroatoms. The lowest BCUT2D eigenvalue weighted by molar-refractivity contribution is 0.0494. The van der Waals surface area contributed by atoms with Crippen LogP contribution in [-0.2, 0) is 13.1 Å². The summed E-state index contributed by atoms with van der Waals surface area (Å²) in [6.45, 7) is 8.94. The number of aliphatic hydroxyl groups excluding tert-OH is 1. The van der Waals surface area contributed by atoms with Gasteiger partial charge in [0, 0.05) is 51.1 Å². The lowest BCUT2D eigenvalue weighted by Gasteiger charge is -2.41. The fourth-order valence-electron chi connectivity index (χ4n) is 3.55. The third kappa shape index (κ3) is 4.90. The Hall–Kier alpha value is -1.76. The zero-order chi connectivity index (χ0) is 18.5. The van der Waals surface area contributed by atoms with Crippen LogP contribution in [-0.4, -0.2) is 57.4 Å². The molecule has 0 spiro atoms. The number of rotatable bonds is 7. The molecular formula is C20H29FN4O. The highest BCUT2D eigenvalue weighted by atomic mass is 19.1. The maximum atomic E-state index is 13.1. The Bertz CT molecular complexity index is 685. The van der Waals surface area contributed by atoms with E-state index >= 15 is 0 Å². The van der Waals surface area contributed by atoms with E-state index in [1.165, 1.54) is 12.1 Å². The topological polar surface area (TPSA) is 55.4 Å². The summed E-state index contributed by atoms with van der Waals surface area (Å²) in [6, 6.07) is 9.16. The SMILES string of the molecule is CC(C)c1cc(CN2CCN(Cc3ccc(F)cc3)[C@@H](CCO)C2)[nH]n1. The molecule has 1 aliphatic heterocycles. The Morgan fingerprint density at radius 1 is 1.23 bits per heavy atom. The van der Waals surface area contributed by atoms with Gasteiger partial charge in [-0.15, -0.1) is 0 Å². The van der Waals surface area contributed by atoms with Gasteiger partial charge in [0.1, 0.15) is 5.82 Å². The third-order valence-electron chi connectivity index (χ3n) is 5.09. The number of hydrogen-bond acceptors (Lipinski definition) is 4. The van der Waals surface area contributed by atoms with Crippen LogP contribution < -0.4 is 0 Å². The van der Waals surface area contributed by atoms with E-state index in [-0.39, 0.29) is 12.4 Å². The van der Waals surface area contributed by atoms with Gasteiger partial charge >= 0.3 is 0 Å². The van der Waals surface area contributed by atoms with E-state index in [9.17, 15) is 9.50 Å². The monoisotopic (exact) mass is 360 g/mol. The smallest absolute Gasteiger partial charge is 0.123 e. The van der Waals surface area contributed by atoms with Gasteiger partial charge in [-0.3, -0.25) is 14.9 Å². The summed E-state index contributed by atoms with van der Waals surface area (Å²) in [7, 11) is 0. The van der Waals surface area contributed by atoms with E-state index < -0.39 is 0 Å². The number of benzene rings is 1. The summed E-state index contributed by atoms with van der Waals surface area (Å²) >= 11 is 0.